The van der Waals surface area contributed by atoms with E-state index in [1.54, 1.807) is 6.20 Å². The lowest BCUT2D eigenvalue weighted by atomic mass is 10.8. The van der Waals surface area contributed by atoms with Gasteiger partial charge in [-0.05, 0) is 0 Å². The minimum atomic E-state index is 0.418. The van der Waals surface area contributed by atoms with Gasteiger partial charge in [0.1, 0.15) is 5.82 Å². The van der Waals surface area contributed by atoms with E-state index in [4.69, 9.17) is 10.2 Å². The molecule has 0 aliphatic carbocycles. The number of nitrogens with zero attached hydrogens (tertiary/aromatic N) is 3. The number of fused-ring (bicyclic) bond motifs is 1. The molecule has 0 bridgehead atoms. The molecule has 5 nitrogen and oxygen atoms in total. The first kappa shape index (κ1) is 4.37. The molecule has 0 aliphatic heterocycles. The van der Waals surface area contributed by atoms with Crippen LogP contribution < -0.4 is 5.73 Å². The van der Waals surface area contributed by atoms with E-state index in [0.717, 1.165) is 0 Å². The molecule has 0 spiro atoms. The van der Waals surface area contributed by atoms with Crippen molar-refractivity contribution in [2.75, 3.05) is 5.73 Å². The summed E-state index contributed by atoms with van der Waals surface area (Å²) in [7, 11) is 0. The zero-order valence-corrected chi connectivity index (χ0v) is 4.48. The fourth-order valence-electron chi connectivity index (χ4n) is 0.656. The second-order valence-electron chi connectivity index (χ2n) is 1.63. The number of rotatable bonds is 0. The van der Waals surface area contributed by atoms with Gasteiger partial charge in [0.05, 0.1) is 6.20 Å². The van der Waals surface area contributed by atoms with E-state index in [-0.39, 0.29) is 0 Å². The number of hydrogen-bond acceptors (Lipinski definition) is 4. The molecule has 5 heteroatoms. The Bertz CT molecular complexity index is 293. The van der Waals surface area contributed by atoms with Gasteiger partial charge in [-0.1, -0.05) is 0 Å². The molecule has 0 amide bonds. The van der Waals surface area contributed by atoms with Crippen LogP contribution in [0.4, 0.5) is 5.82 Å². The summed E-state index contributed by atoms with van der Waals surface area (Å²) in [5.41, 5.74) is 5.30. The van der Waals surface area contributed by atoms with Crippen molar-refractivity contribution in [3.05, 3.63) is 12.6 Å². The molecule has 46 valence electrons. The Morgan fingerprint density at radius 2 is 2.56 bits per heavy atom. The van der Waals surface area contributed by atoms with Crippen molar-refractivity contribution in [1.82, 2.24) is 14.6 Å². The summed E-state index contributed by atoms with van der Waals surface area (Å²) in [4.78, 5) is 3.78. The Morgan fingerprint density at radius 1 is 1.67 bits per heavy atom. The third-order valence-electron chi connectivity index (χ3n) is 1.00. The molecule has 2 heterocycles. The summed E-state index contributed by atoms with van der Waals surface area (Å²) >= 11 is 0. The van der Waals surface area contributed by atoms with Crippen LogP contribution in [0.25, 0.3) is 5.84 Å². The Hall–Kier alpha value is -1.52. The molecule has 2 aromatic heterocycles. The predicted octanol–water partition coefficient (Wildman–Crippen LogP) is -0.0955. The van der Waals surface area contributed by atoms with Crippen LogP contribution in [0.3, 0.4) is 0 Å². The summed E-state index contributed by atoms with van der Waals surface area (Å²) in [6.07, 6.45) is 2.89. The Balaban J connectivity index is 2.92. The van der Waals surface area contributed by atoms with Crippen molar-refractivity contribution in [1.29, 1.82) is 0 Å². The number of hydrogen-bond donors (Lipinski definition) is 1. The van der Waals surface area contributed by atoms with Gasteiger partial charge in [-0.25, -0.2) is 0 Å². The molecule has 2 rings (SSSR count). The summed E-state index contributed by atoms with van der Waals surface area (Å²) in [5.74, 6) is 0.842. The number of imidazole rings is 1. The molecule has 0 radical (unpaired) electrons. The van der Waals surface area contributed by atoms with Crippen molar-refractivity contribution >= 4 is 11.7 Å². The molecular formula is C4H4N4O. The van der Waals surface area contributed by atoms with Crippen molar-refractivity contribution in [2.45, 2.75) is 0 Å². The molecule has 2 N–H and O–H groups in total. The van der Waals surface area contributed by atoms with Crippen LogP contribution in [0.2, 0.25) is 0 Å². The van der Waals surface area contributed by atoms with Gasteiger partial charge < -0.3 is 10.2 Å². The van der Waals surface area contributed by atoms with Crippen molar-refractivity contribution in [3.8, 4) is 0 Å². The van der Waals surface area contributed by atoms with Gasteiger partial charge in [-0.15, -0.1) is 5.10 Å². The van der Waals surface area contributed by atoms with E-state index < -0.39 is 0 Å². The lowest BCUT2D eigenvalue weighted by molar-refractivity contribution is 0.589. The SMILES string of the molecule is Nc1cn2ncoc2n1. The molecule has 0 atom stereocenters. The fourth-order valence-corrected chi connectivity index (χ4v) is 0.656. The van der Waals surface area contributed by atoms with Crippen molar-refractivity contribution < 1.29 is 4.42 Å². The average molecular weight is 124 g/mol. The van der Waals surface area contributed by atoms with Crippen LogP contribution >= 0.6 is 0 Å². The van der Waals surface area contributed by atoms with Crippen LogP contribution in [0.15, 0.2) is 17.0 Å². The minimum absolute atomic E-state index is 0.418. The number of nitrogens with two attached hydrogens (primary N) is 1. The minimum Gasteiger partial charge on any atom is -0.410 e. The first-order chi connectivity index (χ1) is 4.36. The van der Waals surface area contributed by atoms with E-state index in [0.29, 0.717) is 11.7 Å². The van der Waals surface area contributed by atoms with Gasteiger partial charge in [-0.3, -0.25) is 0 Å². The van der Waals surface area contributed by atoms with Gasteiger partial charge in [0.15, 0.2) is 0 Å². The van der Waals surface area contributed by atoms with Crippen molar-refractivity contribution in [2.24, 2.45) is 0 Å². The second-order valence-corrected chi connectivity index (χ2v) is 1.63. The van der Waals surface area contributed by atoms with Gasteiger partial charge in [0, 0.05) is 0 Å². The maximum atomic E-state index is 5.30. The Labute approximate surface area is 50.1 Å². The molecule has 0 fully saturated rings. The topological polar surface area (TPSA) is 69.3 Å². The number of aromatic nitrogens is 3. The molecule has 0 saturated heterocycles. The normalized spacial score (nSPS) is 10.7. The maximum Gasteiger partial charge on any atom is 0.326 e. The Morgan fingerprint density at radius 3 is 3.33 bits per heavy atom. The van der Waals surface area contributed by atoms with Crippen LogP contribution in [0.1, 0.15) is 0 Å². The lowest BCUT2D eigenvalue weighted by Gasteiger charge is -1.70. The average Bonchev–Trinajstić information content (AvgIpc) is 2.22. The van der Waals surface area contributed by atoms with Crippen LogP contribution in [-0.4, -0.2) is 14.6 Å². The van der Waals surface area contributed by atoms with Crippen LogP contribution in [0.5, 0.6) is 0 Å². The highest BCUT2D eigenvalue weighted by Crippen LogP contribution is 2.02. The summed E-state index contributed by atoms with van der Waals surface area (Å²) < 4.78 is 6.27. The zero-order valence-electron chi connectivity index (χ0n) is 4.48. The van der Waals surface area contributed by atoms with E-state index in [1.165, 1.54) is 10.9 Å². The van der Waals surface area contributed by atoms with Gasteiger partial charge in [-0.2, -0.15) is 9.50 Å². The maximum absolute atomic E-state index is 5.30. The van der Waals surface area contributed by atoms with E-state index in [2.05, 4.69) is 10.1 Å². The highest BCUT2D eigenvalue weighted by Gasteiger charge is 1.98. The number of anilines is 1. The summed E-state index contributed by atoms with van der Waals surface area (Å²) in [5, 5.41) is 3.75. The zero-order chi connectivity index (χ0) is 6.27. The summed E-state index contributed by atoms with van der Waals surface area (Å²) in [6, 6.07) is 0. The van der Waals surface area contributed by atoms with Crippen LogP contribution in [-0.2, 0) is 0 Å². The van der Waals surface area contributed by atoms with Gasteiger partial charge in [0.2, 0.25) is 6.39 Å². The third-order valence-corrected chi connectivity index (χ3v) is 1.00. The van der Waals surface area contributed by atoms with E-state index in [9.17, 15) is 0 Å². The molecule has 2 aromatic rings. The fraction of sp³-hybridized carbons (Fsp3) is 0. The molecular weight excluding hydrogens is 120 g/mol. The predicted molar refractivity (Wildman–Crippen MR) is 29.7 cm³/mol. The van der Waals surface area contributed by atoms with Gasteiger partial charge >= 0.3 is 5.84 Å². The largest absolute Gasteiger partial charge is 0.410 e. The molecule has 0 saturated carbocycles. The quantitative estimate of drug-likeness (QED) is 0.532. The highest BCUT2D eigenvalue weighted by molar-refractivity contribution is 5.35. The van der Waals surface area contributed by atoms with E-state index >= 15 is 0 Å². The third kappa shape index (κ3) is 0.479. The second kappa shape index (κ2) is 1.25. The lowest BCUT2D eigenvalue weighted by Crippen LogP contribution is -1.81. The summed E-state index contributed by atoms with van der Waals surface area (Å²) in [6.45, 7) is 0. The standard InChI is InChI=1S/C4H4N4O/c5-3-1-8-4(7-3)9-2-6-8/h1-2H,5H2. The first-order valence-electron chi connectivity index (χ1n) is 2.40. The first-order valence-corrected chi connectivity index (χ1v) is 2.40. The van der Waals surface area contributed by atoms with Gasteiger partial charge in [0.25, 0.3) is 0 Å². The number of nitrogen functional groups attached to an aromatic ring is 1. The monoisotopic (exact) mass is 124 g/mol. The van der Waals surface area contributed by atoms with E-state index in [1.807, 2.05) is 0 Å². The molecule has 0 aliphatic rings. The molecule has 9 heavy (non-hydrogen) atoms. The Kier molecular flexibility index (Phi) is 0.606. The smallest absolute Gasteiger partial charge is 0.326 e. The van der Waals surface area contributed by atoms with Crippen molar-refractivity contribution in [3.63, 3.8) is 0 Å². The highest BCUT2D eigenvalue weighted by atomic mass is 16.4. The van der Waals surface area contributed by atoms with Crippen LogP contribution in [0, 0.1) is 0 Å². The molecule has 0 unspecified atom stereocenters. The molecule has 0 aromatic carbocycles.